The van der Waals surface area contributed by atoms with Crippen molar-refractivity contribution in [3.63, 3.8) is 0 Å². The van der Waals surface area contributed by atoms with Gasteiger partial charge in [0, 0.05) is 5.41 Å². The zero-order valence-corrected chi connectivity index (χ0v) is 24.7. The van der Waals surface area contributed by atoms with Crippen molar-refractivity contribution in [2.45, 2.75) is 102 Å². The number of rotatable bonds is 4. The van der Waals surface area contributed by atoms with E-state index < -0.39 is 0 Å². The lowest BCUT2D eigenvalue weighted by Gasteiger charge is -2.47. The molecule has 3 aromatic rings. The van der Waals surface area contributed by atoms with E-state index in [1.165, 1.54) is 0 Å². The quantitative estimate of drug-likeness (QED) is 0.254. The van der Waals surface area contributed by atoms with Crippen molar-refractivity contribution >= 4 is 0 Å². The first-order valence-electron chi connectivity index (χ1n) is 14.2. The Morgan fingerprint density at radius 3 is 2.35 bits per heavy atom. The number of hydrogen-bond acceptors (Lipinski definition) is 6. The van der Waals surface area contributed by atoms with E-state index in [2.05, 4.69) is 67.5 Å². The normalized spacial score (nSPS) is 25.3. The summed E-state index contributed by atoms with van der Waals surface area (Å²) in [5.41, 5.74) is 5.04. The van der Waals surface area contributed by atoms with Crippen LogP contribution in [0.1, 0.15) is 114 Å². The molecule has 0 radical (unpaired) electrons. The smallest absolute Gasteiger partial charge is 0.265 e. The van der Waals surface area contributed by atoms with Crippen LogP contribution in [0.15, 0.2) is 30.3 Å². The molecule has 2 aromatic carbocycles. The van der Waals surface area contributed by atoms with Gasteiger partial charge in [-0.3, -0.25) is 0 Å². The molecule has 0 spiro atoms. The Morgan fingerprint density at radius 2 is 1.70 bits per heavy atom. The molecular weight excluding hydrogens is 500 g/mol. The van der Waals surface area contributed by atoms with E-state index in [1.807, 2.05) is 12.1 Å². The minimum absolute atomic E-state index is 0.0701. The average molecular weight is 539 g/mol. The number of ether oxygens (including phenoxy) is 2. The number of aromatic hydroxyl groups is 2. The van der Waals surface area contributed by atoms with Crippen molar-refractivity contribution < 1.29 is 19.7 Å². The molecule has 2 aliphatic carbocycles. The number of phenols is 2. The third kappa shape index (κ3) is 3.49. The van der Waals surface area contributed by atoms with Gasteiger partial charge in [-0.15, -0.1) is 0 Å². The van der Waals surface area contributed by atoms with Crippen molar-refractivity contribution in [1.29, 1.82) is 5.26 Å². The summed E-state index contributed by atoms with van der Waals surface area (Å²) in [6, 6.07) is 11.9. The van der Waals surface area contributed by atoms with Gasteiger partial charge < -0.3 is 19.7 Å². The maximum atomic E-state index is 10.3. The molecule has 6 rings (SSSR count). The van der Waals surface area contributed by atoms with Gasteiger partial charge in [0.25, 0.3) is 5.88 Å². The zero-order valence-electron chi connectivity index (χ0n) is 24.7. The van der Waals surface area contributed by atoms with Crippen LogP contribution >= 0.6 is 0 Å². The molecule has 3 atom stereocenters. The van der Waals surface area contributed by atoms with E-state index in [0.717, 1.165) is 47.2 Å². The second-order valence-electron chi connectivity index (χ2n) is 13.9. The van der Waals surface area contributed by atoms with Crippen LogP contribution in [0.2, 0.25) is 0 Å². The number of nitriles is 1. The van der Waals surface area contributed by atoms with Crippen molar-refractivity contribution in [2.75, 3.05) is 0 Å². The first-order valence-corrected chi connectivity index (χ1v) is 14.2. The topological polar surface area (TPSA) is 95.6 Å². The lowest BCUT2D eigenvalue weighted by molar-refractivity contribution is 0.283. The molecule has 0 saturated carbocycles. The fourth-order valence-corrected chi connectivity index (χ4v) is 7.96. The Bertz CT molecular complexity index is 1630. The molecule has 2 N–H and O–H groups in total. The number of fused-ring (bicyclic) bond motifs is 4. The summed E-state index contributed by atoms with van der Waals surface area (Å²) in [6.07, 6.45) is 2.66. The van der Waals surface area contributed by atoms with Crippen LogP contribution in [0.5, 0.6) is 34.6 Å². The number of phenolic OH excluding ortho intramolecular Hbond substituents is 2. The minimum Gasteiger partial charge on any atom is -0.504 e. The van der Waals surface area contributed by atoms with Crippen molar-refractivity contribution in [3.8, 4) is 40.7 Å². The largest absolute Gasteiger partial charge is 0.504 e. The van der Waals surface area contributed by atoms with Gasteiger partial charge in [0.05, 0.1) is 5.69 Å². The number of hydrogen-bond donors (Lipinski definition) is 2. The maximum absolute atomic E-state index is 10.3. The molecule has 0 fully saturated rings. The molecule has 0 saturated heterocycles. The van der Waals surface area contributed by atoms with Gasteiger partial charge in [-0.2, -0.15) is 5.26 Å². The summed E-state index contributed by atoms with van der Waals surface area (Å²) in [7, 11) is 0. The van der Waals surface area contributed by atoms with E-state index in [9.17, 15) is 15.5 Å². The fraction of sp³-hybridized carbons (Fsp3) is 0.471. The molecule has 6 nitrogen and oxygen atoms in total. The van der Waals surface area contributed by atoms with Crippen LogP contribution in [0.3, 0.4) is 0 Å². The second-order valence-corrected chi connectivity index (χ2v) is 13.9. The number of pyridine rings is 1. The third-order valence-electron chi connectivity index (χ3n) is 10.2. The summed E-state index contributed by atoms with van der Waals surface area (Å²) in [5, 5.41) is 30.6. The minimum atomic E-state index is -0.249. The van der Waals surface area contributed by atoms with E-state index in [0.29, 0.717) is 28.7 Å². The molecule has 0 amide bonds. The first kappa shape index (κ1) is 26.5. The van der Waals surface area contributed by atoms with Gasteiger partial charge in [0.15, 0.2) is 23.0 Å². The third-order valence-corrected chi connectivity index (χ3v) is 10.2. The Hall–Kier alpha value is -3.72. The molecule has 3 aliphatic rings. The van der Waals surface area contributed by atoms with Gasteiger partial charge in [-0.25, -0.2) is 4.98 Å². The monoisotopic (exact) mass is 538 g/mol. The van der Waals surface area contributed by atoms with Crippen LogP contribution in [0, 0.1) is 11.3 Å². The zero-order chi connectivity index (χ0) is 29.0. The summed E-state index contributed by atoms with van der Waals surface area (Å²) >= 11 is 0. The average Bonchev–Trinajstić information content (AvgIpc) is 3.08. The Balaban J connectivity index is 1.35. The van der Waals surface area contributed by atoms with E-state index in [-0.39, 0.29) is 39.1 Å². The highest BCUT2D eigenvalue weighted by atomic mass is 16.6. The van der Waals surface area contributed by atoms with Gasteiger partial charge in [-0.05, 0) is 87.9 Å². The van der Waals surface area contributed by atoms with Crippen molar-refractivity contribution in [3.05, 3.63) is 63.8 Å². The highest BCUT2D eigenvalue weighted by molar-refractivity contribution is 5.67. The highest BCUT2D eigenvalue weighted by Crippen LogP contribution is 2.60. The molecule has 3 unspecified atom stereocenters. The molecule has 1 aromatic heterocycles. The number of nitrogens with zero attached hydrogens (tertiary/aromatic N) is 2. The highest BCUT2D eigenvalue weighted by Gasteiger charge is 2.50. The van der Waals surface area contributed by atoms with E-state index in [4.69, 9.17) is 14.5 Å². The van der Waals surface area contributed by atoms with Gasteiger partial charge in [-0.1, -0.05) is 61.5 Å². The Kier molecular flexibility index (Phi) is 5.41. The number of aromatic nitrogens is 1. The lowest BCUT2D eigenvalue weighted by atomic mass is 9.58. The summed E-state index contributed by atoms with van der Waals surface area (Å²) < 4.78 is 12.6. The summed E-state index contributed by atoms with van der Waals surface area (Å²) in [6.45, 7) is 17.6. The Labute approximate surface area is 236 Å². The van der Waals surface area contributed by atoms with Gasteiger partial charge >= 0.3 is 0 Å². The van der Waals surface area contributed by atoms with Crippen LogP contribution in [0.25, 0.3) is 0 Å². The first-order chi connectivity index (χ1) is 18.6. The molecule has 40 heavy (non-hydrogen) atoms. The molecule has 6 heteroatoms. The maximum Gasteiger partial charge on any atom is 0.265 e. The molecule has 2 heterocycles. The lowest BCUT2D eigenvalue weighted by Crippen LogP contribution is -2.41. The molecule has 1 aliphatic heterocycles. The SMILES string of the molecule is CCC1(C)c2nc3c(c(C#N)c2C1C)Oc1ccc(C(C)(C)CC2(C)CC(C)(C)c4cc(O)c(O)cc42)cc1O3. The van der Waals surface area contributed by atoms with Gasteiger partial charge in [0.2, 0.25) is 5.75 Å². The van der Waals surface area contributed by atoms with Crippen molar-refractivity contribution in [2.24, 2.45) is 0 Å². The fourth-order valence-electron chi connectivity index (χ4n) is 7.96. The van der Waals surface area contributed by atoms with E-state index >= 15 is 0 Å². The molecule has 0 bridgehead atoms. The molecule has 208 valence electrons. The molecular formula is C34H38N2O4. The predicted octanol–water partition coefficient (Wildman–Crippen LogP) is 8.35. The van der Waals surface area contributed by atoms with Crippen LogP contribution < -0.4 is 9.47 Å². The standard InChI is InChI=1S/C34H38N2O4/c1-9-34(8)18(2)27-20(15-35)28-30(36-29(27)34)40-26-12-19(10-11-25(26)39-28)31(3,4)16-33(7)17-32(5,6)21-13-23(37)24(38)14-22(21)33/h10-14,18,37-38H,9,16-17H2,1-8H3. The number of benzene rings is 2. The second kappa shape index (κ2) is 8.16. The predicted molar refractivity (Wildman–Crippen MR) is 154 cm³/mol. The van der Waals surface area contributed by atoms with Crippen LogP contribution in [-0.2, 0) is 21.7 Å². The van der Waals surface area contributed by atoms with Crippen LogP contribution in [0.4, 0.5) is 0 Å². The summed E-state index contributed by atoms with van der Waals surface area (Å²) in [4.78, 5) is 4.88. The van der Waals surface area contributed by atoms with E-state index in [1.54, 1.807) is 12.1 Å². The summed E-state index contributed by atoms with van der Waals surface area (Å²) in [5.74, 6) is 2.02. The Morgan fingerprint density at radius 1 is 1.02 bits per heavy atom. The van der Waals surface area contributed by atoms with Gasteiger partial charge in [0.1, 0.15) is 11.6 Å². The van der Waals surface area contributed by atoms with Crippen LogP contribution in [-0.4, -0.2) is 15.2 Å². The van der Waals surface area contributed by atoms with Crippen molar-refractivity contribution in [1.82, 2.24) is 4.98 Å².